The highest BCUT2D eigenvalue weighted by Gasteiger charge is 2.19. The van der Waals surface area contributed by atoms with Gasteiger partial charge in [-0.25, -0.2) is 9.97 Å². The average Bonchev–Trinajstić information content (AvgIpc) is 2.40. The Morgan fingerprint density at radius 3 is 2.76 bits per heavy atom. The minimum atomic E-state index is 0.318. The van der Waals surface area contributed by atoms with Crippen LogP contribution in [0.15, 0.2) is 12.4 Å². The lowest BCUT2D eigenvalue weighted by atomic mass is 9.98. The maximum atomic E-state index is 9.12. The van der Waals surface area contributed by atoms with Crippen molar-refractivity contribution in [2.75, 3.05) is 24.6 Å². The van der Waals surface area contributed by atoms with Crippen LogP contribution in [0, 0.1) is 5.92 Å². The minimum absolute atomic E-state index is 0.318. The van der Waals surface area contributed by atoms with Gasteiger partial charge in [-0.1, -0.05) is 13.3 Å². The Bertz CT molecular complexity index is 348. The van der Waals surface area contributed by atoms with Crippen molar-refractivity contribution in [3.05, 3.63) is 18.1 Å². The molecule has 1 saturated heterocycles. The quantitative estimate of drug-likeness (QED) is 0.862. The topological polar surface area (TPSA) is 49.2 Å². The van der Waals surface area contributed by atoms with Crippen LogP contribution in [0.1, 0.15) is 31.9 Å². The van der Waals surface area contributed by atoms with Crippen molar-refractivity contribution < 1.29 is 5.11 Å². The van der Waals surface area contributed by atoms with Gasteiger partial charge in [-0.2, -0.15) is 0 Å². The van der Waals surface area contributed by atoms with Crippen molar-refractivity contribution in [2.45, 2.75) is 32.6 Å². The Morgan fingerprint density at radius 2 is 2.12 bits per heavy atom. The summed E-state index contributed by atoms with van der Waals surface area (Å²) in [6.07, 6.45) is 5.91. The van der Waals surface area contributed by atoms with E-state index in [4.69, 9.17) is 5.11 Å². The highest BCUT2D eigenvalue weighted by atomic mass is 16.3. The van der Waals surface area contributed by atoms with E-state index in [1.165, 1.54) is 0 Å². The molecule has 0 aliphatic carbocycles. The molecule has 0 saturated carbocycles. The Labute approximate surface area is 103 Å². The van der Waals surface area contributed by atoms with Crippen LogP contribution in [0.5, 0.6) is 0 Å². The third-order valence-electron chi connectivity index (χ3n) is 3.41. The van der Waals surface area contributed by atoms with Crippen molar-refractivity contribution >= 4 is 5.82 Å². The van der Waals surface area contributed by atoms with Crippen LogP contribution in [0.2, 0.25) is 0 Å². The smallest absolute Gasteiger partial charge is 0.132 e. The van der Waals surface area contributed by atoms with Crippen LogP contribution in [0.3, 0.4) is 0 Å². The zero-order valence-corrected chi connectivity index (χ0v) is 10.5. The Morgan fingerprint density at radius 1 is 1.35 bits per heavy atom. The van der Waals surface area contributed by atoms with E-state index < -0.39 is 0 Å². The molecule has 0 aromatic carbocycles. The molecule has 0 unspecified atom stereocenters. The molecule has 0 amide bonds. The second kappa shape index (κ2) is 5.96. The summed E-state index contributed by atoms with van der Waals surface area (Å²) in [6.45, 7) is 4.47. The Hall–Kier alpha value is -1.16. The summed E-state index contributed by atoms with van der Waals surface area (Å²) in [6, 6.07) is 2.10. The molecule has 0 spiro atoms. The number of nitrogens with zero attached hydrogens (tertiary/aromatic N) is 3. The molecule has 1 aromatic heterocycles. The van der Waals surface area contributed by atoms with Crippen molar-refractivity contribution in [2.24, 2.45) is 5.92 Å². The maximum absolute atomic E-state index is 9.12. The highest BCUT2D eigenvalue weighted by molar-refractivity contribution is 5.39. The molecule has 2 heterocycles. The van der Waals surface area contributed by atoms with Crippen LogP contribution in [0.4, 0.5) is 5.82 Å². The zero-order chi connectivity index (χ0) is 12.1. The summed E-state index contributed by atoms with van der Waals surface area (Å²) in [7, 11) is 0. The summed E-state index contributed by atoms with van der Waals surface area (Å²) in [4.78, 5) is 10.9. The van der Waals surface area contributed by atoms with Gasteiger partial charge in [0.1, 0.15) is 12.1 Å². The summed E-state index contributed by atoms with van der Waals surface area (Å²) in [5, 5.41) is 9.12. The van der Waals surface area contributed by atoms with E-state index in [2.05, 4.69) is 27.9 Å². The van der Waals surface area contributed by atoms with Crippen molar-refractivity contribution in [1.82, 2.24) is 9.97 Å². The number of aromatic nitrogens is 2. The van der Waals surface area contributed by atoms with Crippen LogP contribution in [-0.2, 0) is 6.42 Å². The van der Waals surface area contributed by atoms with Gasteiger partial charge in [0.2, 0.25) is 0 Å². The van der Waals surface area contributed by atoms with Crippen LogP contribution < -0.4 is 4.90 Å². The number of hydrogen-bond donors (Lipinski definition) is 1. The van der Waals surface area contributed by atoms with Gasteiger partial charge in [-0.15, -0.1) is 0 Å². The molecule has 0 radical (unpaired) electrons. The van der Waals surface area contributed by atoms with Crippen molar-refractivity contribution in [1.29, 1.82) is 0 Å². The van der Waals surface area contributed by atoms with E-state index >= 15 is 0 Å². The molecule has 1 aliphatic heterocycles. The lowest BCUT2D eigenvalue weighted by Gasteiger charge is -2.32. The maximum Gasteiger partial charge on any atom is 0.132 e. The SMILES string of the molecule is CCCc1cc(N2CCC(CO)CC2)ncn1. The normalized spacial score (nSPS) is 17.4. The van der Waals surface area contributed by atoms with E-state index in [9.17, 15) is 0 Å². The first-order valence-corrected chi connectivity index (χ1v) is 6.50. The monoisotopic (exact) mass is 235 g/mol. The van der Waals surface area contributed by atoms with Crippen molar-refractivity contribution in [3.8, 4) is 0 Å². The third kappa shape index (κ3) is 3.16. The lowest BCUT2D eigenvalue weighted by molar-refractivity contribution is 0.203. The molecule has 1 aliphatic rings. The van der Waals surface area contributed by atoms with Gasteiger partial charge in [-0.3, -0.25) is 0 Å². The molecule has 1 aromatic rings. The number of aliphatic hydroxyl groups excluding tert-OH is 1. The van der Waals surface area contributed by atoms with Crippen LogP contribution in [-0.4, -0.2) is 34.8 Å². The summed E-state index contributed by atoms with van der Waals surface area (Å²) in [5.41, 5.74) is 1.13. The second-order valence-corrected chi connectivity index (χ2v) is 4.73. The number of rotatable bonds is 4. The standard InChI is InChI=1S/C13H21N3O/c1-2-3-12-8-13(15-10-14-12)16-6-4-11(9-17)5-7-16/h8,10-11,17H,2-7,9H2,1H3. The highest BCUT2D eigenvalue weighted by Crippen LogP contribution is 2.21. The van der Waals surface area contributed by atoms with Gasteiger partial charge in [0.15, 0.2) is 0 Å². The second-order valence-electron chi connectivity index (χ2n) is 4.73. The minimum Gasteiger partial charge on any atom is -0.396 e. The third-order valence-corrected chi connectivity index (χ3v) is 3.41. The summed E-state index contributed by atoms with van der Waals surface area (Å²) < 4.78 is 0. The number of hydrogen-bond acceptors (Lipinski definition) is 4. The fraction of sp³-hybridized carbons (Fsp3) is 0.692. The molecular formula is C13H21N3O. The van der Waals surface area contributed by atoms with E-state index in [1.54, 1.807) is 6.33 Å². The fourth-order valence-electron chi connectivity index (χ4n) is 2.30. The van der Waals surface area contributed by atoms with Gasteiger partial charge in [-0.05, 0) is 25.2 Å². The number of aryl methyl sites for hydroxylation is 1. The number of aliphatic hydroxyl groups is 1. The summed E-state index contributed by atoms with van der Waals surface area (Å²) in [5.74, 6) is 1.52. The average molecular weight is 235 g/mol. The molecule has 4 heteroatoms. The predicted molar refractivity (Wildman–Crippen MR) is 68.0 cm³/mol. The molecule has 94 valence electrons. The van der Waals surface area contributed by atoms with E-state index in [-0.39, 0.29) is 0 Å². The molecular weight excluding hydrogens is 214 g/mol. The van der Waals surface area contributed by atoms with Crippen molar-refractivity contribution in [3.63, 3.8) is 0 Å². The van der Waals surface area contributed by atoms with Gasteiger partial charge < -0.3 is 10.0 Å². The first-order valence-electron chi connectivity index (χ1n) is 6.50. The van der Waals surface area contributed by atoms with E-state index in [0.29, 0.717) is 12.5 Å². The first kappa shape index (κ1) is 12.3. The van der Waals surface area contributed by atoms with E-state index in [0.717, 1.165) is 50.3 Å². The molecule has 0 atom stereocenters. The number of anilines is 1. The molecule has 0 bridgehead atoms. The molecule has 17 heavy (non-hydrogen) atoms. The molecule has 2 rings (SSSR count). The lowest BCUT2D eigenvalue weighted by Crippen LogP contribution is -2.35. The van der Waals surface area contributed by atoms with Crippen LogP contribution in [0.25, 0.3) is 0 Å². The first-order chi connectivity index (χ1) is 8.33. The van der Waals surface area contributed by atoms with Gasteiger partial charge in [0.25, 0.3) is 0 Å². The van der Waals surface area contributed by atoms with Crippen LogP contribution >= 0.6 is 0 Å². The van der Waals surface area contributed by atoms with Gasteiger partial charge in [0.05, 0.1) is 0 Å². The molecule has 1 N–H and O–H groups in total. The van der Waals surface area contributed by atoms with Gasteiger partial charge >= 0.3 is 0 Å². The largest absolute Gasteiger partial charge is 0.396 e. The Kier molecular flexibility index (Phi) is 4.31. The fourth-order valence-corrected chi connectivity index (χ4v) is 2.30. The zero-order valence-electron chi connectivity index (χ0n) is 10.5. The summed E-state index contributed by atoms with van der Waals surface area (Å²) >= 11 is 0. The molecule has 1 fully saturated rings. The molecule has 4 nitrogen and oxygen atoms in total. The van der Waals surface area contributed by atoms with Gasteiger partial charge in [0, 0.05) is 31.5 Å². The number of piperidine rings is 1. The predicted octanol–water partition coefficient (Wildman–Crippen LogP) is 1.64. The Balaban J connectivity index is 2.00. The van der Waals surface area contributed by atoms with E-state index in [1.807, 2.05) is 0 Å².